The molecule has 0 aliphatic rings. The Labute approximate surface area is 316 Å². The van der Waals surface area contributed by atoms with Crippen LogP contribution >= 0.6 is 35.2 Å². The summed E-state index contributed by atoms with van der Waals surface area (Å²) in [6, 6.07) is 8.90. The standard InChI is InChI=1S/C26H28Cl2N10O8S2.Na/c1-13(39)11-29-23-33-21(27)35-25(37-23)31-17-7-5-15(19(9-17)47-46-45-41)3-4-16-6-8-18(10-20(16)48(42,43)44)32-26-36-22(28)34-24(38-26)30-12-14(2)40;/h3-10,13-14,39-41H,11-12H2,1-2H3,(H,42,43,44)(H2,29,31,33,35,37)(H2,30,32,34,36,38);/q;+1/p-1/b4-3+;. The first kappa shape index (κ1) is 40.5. The van der Waals surface area contributed by atoms with Crippen LogP contribution in [0.15, 0.2) is 46.2 Å². The average Bonchev–Trinajstić information content (AvgIpc) is 3.00. The third-order valence-corrected chi connectivity index (χ3v) is 7.64. The molecular weight excluding hydrogens is 738 g/mol. The SMILES string of the molecule is CC(O)CNc1nc(Cl)nc(Nc2ccc(/C=C/c3ccc(Nc4nc(Cl)nc(NCC(C)O)n4)cc3S(=O)(=O)O)c(SOO[O-])c2)n1.[Na+]. The summed E-state index contributed by atoms with van der Waals surface area (Å²) in [5.41, 5.74) is 1.19. The van der Waals surface area contributed by atoms with Gasteiger partial charge in [0.2, 0.25) is 34.4 Å². The summed E-state index contributed by atoms with van der Waals surface area (Å²) in [5.74, 6) is 0.232. The van der Waals surface area contributed by atoms with Gasteiger partial charge in [-0.2, -0.15) is 42.7 Å². The summed E-state index contributed by atoms with van der Waals surface area (Å²) in [7, 11) is -4.73. The Morgan fingerprint density at radius 1 is 0.816 bits per heavy atom. The van der Waals surface area contributed by atoms with Crippen molar-refractivity contribution in [3.8, 4) is 0 Å². The third kappa shape index (κ3) is 13.0. The Morgan fingerprint density at radius 2 is 1.29 bits per heavy atom. The molecule has 4 aromatic rings. The van der Waals surface area contributed by atoms with E-state index in [-0.39, 0.29) is 88.3 Å². The van der Waals surface area contributed by atoms with Gasteiger partial charge in [0.1, 0.15) is 4.90 Å². The average molecular weight is 766 g/mol. The van der Waals surface area contributed by atoms with Crippen LogP contribution < -0.4 is 56.1 Å². The summed E-state index contributed by atoms with van der Waals surface area (Å²) in [6.07, 6.45) is 1.58. The molecule has 0 spiro atoms. The van der Waals surface area contributed by atoms with Gasteiger partial charge in [0.15, 0.2) is 0 Å². The van der Waals surface area contributed by atoms with E-state index in [0.29, 0.717) is 28.2 Å². The Balaban J connectivity index is 0.00000650. The number of nitrogens with zero attached hydrogens (tertiary/aromatic N) is 6. The fraction of sp³-hybridized carbons (Fsp3) is 0.231. The summed E-state index contributed by atoms with van der Waals surface area (Å²) in [6.45, 7) is 3.46. The van der Waals surface area contributed by atoms with Crippen LogP contribution in [-0.4, -0.2) is 78.4 Å². The van der Waals surface area contributed by atoms with Crippen LogP contribution in [-0.2, 0) is 19.5 Å². The number of hydrogen-bond acceptors (Lipinski definition) is 18. The molecule has 2 heterocycles. The molecule has 2 aromatic heterocycles. The molecule has 0 saturated carbocycles. The van der Waals surface area contributed by atoms with Crippen LogP contribution in [0, 0.1) is 0 Å². The second-order valence-electron chi connectivity index (χ2n) is 9.75. The van der Waals surface area contributed by atoms with E-state index in [9.17, 15) is 28.4 Å². The largest absolute Gasteiger partial charge is 1.00 e. The van der Waals surface area contributed by atoms with E-state index in [0.717, 1.165) is 6.07 Å². The van der Waals surface area contributed by atoms with Crippen molar-refractivity contribution in [3.63, 3.8) is 0 Å². The van der Waals surface area contributed by atoms with E-state index >= 15 is 0 Å². The van der Waals surface area contributed by atoms with Crippen molar-refractivity contribution in [1.82, 2.24) is 29.9 Å². The van der Waals surface area contributed by atoms with Gasteiger partial charge in [-0.05, 0) is 72.4 Å². The van der Waals surface area contributed by atoms with E-state index in [4.69, 9.17) is 23.2 Å². The van der Waals surface area contributed by atoms with Crippen LogP contribution in [0.1, 0.15) is 25.0 Å². The maximum Gasteiger partial charge on any atom is 1.00 e. The molecule has 18 nitrogen and oxygen atoms in total. The molecule has 23 heteroatoms. The predicted octanol–water partition coefficient (Wildman–Crippen LogP) is 0.0877. The van der Waals surface area contributed by atoms with Gasteiger partial charge in [-0.25, -0.2) is 0 Å². The Hall–Kier alpha value is -2.96. The zero-order valence-corrected chi connectivity index (χ0v) is 31.0. The monoisotopic (exact) mass is 764 g/mol. The van der Waals surface area contributed by atoms with Crippen LogP contribution in [0.4, 0.5) is 35.2 Å². The van der Waals surface area contributed by atoms with Crippen molar-refractivity contribution in [2.45, 2.75) is 35.8 Å². The summed E-state index contributed by atoms with van der Waals surface area (Å²) >= 11 is 12.6. The molecule has 0 aliphatic heterocycles. The van der Waals surface area contributed by atoms with Gasteiger partial charge in [-0.1, -0.05) is 24.3 Å². The fourth-order valence-electron chi connectivity index (χ4n) is 3.73. The molecule has 4 rings (SSSR count). The van der Waals surface area contributed by atoms with Gasteiger partial charge >= 0.3 is 29.6 Å². The van der Waals surface area contributed by atoms with Crippen molar-refractivity contribution < 1.29 is 67.4 Å². The van der Waals surface area contributed by atoms with Gasteiger partial charge in [0.05, 0.1) is 24.3 Å². The van der Waals surface area contributed by atoms with Crippen molar-refractivity contribution in [3.05, 3.63) is 58.1 Å². The van der Waals surface area contributed by atoms with Gasteiger partial charge in [0, 0.05) is 29.4 Å². The molecule has 0 radical (unpaired) electrons. The molecule has 0 saturated heterocycles. The number of hydrogen-bond donors (Lipinski definition) is 7. The number of aromatic nitrogens is 6. The first-order valence-electron chi connectivity index (χ1n) is 13.6. The molecule has 7 N–H and O–H groups in total. The molecule has 2 unspecified atom stereocenters. The van der Waals surface area contributed by atoms with Crippen LogP contribution in [0.25, 0.3) is 12.2 Å². The zero-order chi connectivity index (χ0) is 34.8. The van der Waals surface area contributed by atoms with Gasteiger partial charge in [-0.3, -0.25) is 9.59 Å². The molecule has 0 aliphatic carbocycles. The maximum absolute atomic E-state index is 12.3. The van der Waals surface area contributed by atoms with E-state index < -0.39 is 27.2 Å². The minimum atomic E-state index is -4.73. The topological polar surface area (TPSA) is 262 Å². The number of aliphatic hydroxyl groups excluding tert-OH is 2. The number of halogens is 2. The minimum Gasteiger partial charge on any atom is -0.691 e. The number of aliphatic hydroxyl groups is 2. The molecular formula is C26H27Cl2N10NaO8S2. The fourth-order valence-corrected chi connectivity index (χ4v) is 5.27. The second-order valence-corrected chi connectivity index (χ2v) is 12.6. The second kappa shape index (κ2) is 18.9. The number of nitrogens with one attached hydrogen (secondary N) is 4. The van der Waals surface area contributed by atoms with Gasteiger partial charge in [-0.15, -0.1) is 0 Å². The zero-order valence-electron chi connectivity index (χ0n) is 25.8. The Morgan fingerprint density at radius 3 is 1.78 bits per heavy atom. The van der Waals surface area contributed by atoms with Crippen molar-refractivity contribution in [2.75, 3.05) is 34.4 Å². The first-order chi connectivity index (χ1) is 22.8. The molecule has 0 fully saturated rings. The van der Waals surface area contributed by atoms with Gasteiger partial charge < -0.3 is 36.7 Å². The van der Waals surface area contributed by atoms with E-state index in [1.807, 2.05) is 0 Å². The molecule has 0 bridgehead atoms. The van der Waals surface area contributed by atoms with Crippen molar-refractivity contribution in [2.24, 2.45) is 0 Å². The normalized spacial score (nSPS) is 12.7. The summed E-state index contributed by atoms with van der Waals surface area (Å²) in [4.78, 5) is 24.1. The summed E-state index contributed by atoms with van der Waals surface area (Å²) in [5, 5.41) is 44.2. The third-order valence-electron chi connectivity index (χ3n) is 5.74. The van der Waals surface area contributed by atoms with Gasteiger partial charge in [0.25, 0.3) is 10.1 Å². The Kier molecular flexibility index (Phi) is 15.6. The first-order valence-corrected chi connectivity index (χ1v) is 16.5. The van der Waals surface area contributed by atoms with Crippen molar-refractivity contribution in [1.29, 1.82) is 0 Å². The molecule has 49 heavy (non-hydrogen) atoms. The Bertz CT molecular complexity index is 1880. The predicted molar refractivity (Wildman–Crippen MR) is 176 cm³/mol. The van der Waals surface area contributed by atoms with Crippen molar-refractivity contribution >= 4 is 92.7 Å². The van der Waals surface area contributed by atoms with Crippen LogP contribution in [0.2, 0.25) is 10.6 Å². The van der Waals surface area contributed by atoms with E-state index in [2.05, 4.69) is 60.5 Å². The van der Waals surface area contributed by atoms with E-state index in [1.54, 1.807) is 32.0 Å². The number of anilines is 6. The number of rotatable bonds is 16. The molecule has 0 amide bonds. The molecule has 256 valence electrons. The summed E-state index contributed by atoms with van der Waals surface area (Å²) < 4.78 is 39.2. The van der Waals surface area contributed by atoms with Crippen LogP contribution in [0.5, 0.6) is 0 Å². The molecule has 2 aromatic carbocycles. The van der Waals surface area contributed by atoms with Crippen LogP contribution in [0.3, 0.4) is 0 Å². The minimum absolute atomic E-state index is 0. The smallest absolute Gasteiger partial charge is 0.691 e. The quantitative estimate of drug-likeness (QED) is 0.0199. The van der Waals surface area contributed by atoms with E-state index in [1.165, 1.54) is 24.3 Å². The number of benzene rings is 2. The maximum atomic E-state index is 12.3. The molecule has 2 atom stereocenters.